The standard InChI is InChI=1S/C14H19FN4O3/c1-3-13(15)6-9(7-20)22-14(13,21-2)11-5-4-10-12(16)17-8-18-19(10)11/h4-5,8-9,20H,3,6-7H2,1-2H3,(H2,16,17,18). The number of nitrogens with zero attached hydrogens (tertiary/aromatic N) is 3. The van der Waals surface area contributed by atoms with Gasteiger partial charge in [0.05, 0.1) is 12.7 Å². The molecule has 2 aromatic heterocycles. The zero-order valence-corrected chi connectivity index (χ0v) is 12.5. The van der Waals surface area contributed by atoms with Crippen LogP contribution in [0.3, 0.4) is 0 Å². The smallest absolute Gasteiger partial charge is 0.247 e. The molecule has 3 heterocycles. The van der Waals surface area contributed by atoms with Gasteiger partial charge >= 0.3 is 0 Å². The lowest BCUT2D eigenvalue weighted by Crippen LogP contribution is -2.47. The molecule has 22 heavy (non-hydrogen) atoms. The topological polar surface area (TPSA) is 94.9 Å². The van der Waals surface area contributed by atoms with Crippen LogP contribution in [0.15, 0.2) is 18.5 Å². The van der Waals surface area contributed by atoms with E-state index in [0.717, 1.165) is 0 Å². The molecule has 1 aliphatic rings. The van der Waals surface area contributed by atoms with E-state index in [1.54, 1.807) is 19.1 Å². The molecule has 3 atom stereocenters. The number of nitrogen functional groups attached to an aromatic ring is 1. The predicted octanol–water partition coefficient (Wildman–Crippen LogP) is 1.01. The normalized spacial score (nSPS) is 31.9. The van der Waals surface area contributed by atoms with E-state index in [1.807, 2.05) is 0 Å². The fraction of sp³-hybridized carbons (Fsp3) is 0.571. The summed E-state index contributed by atoms with van der Waals surface area (Å²) in [4.78, 5) is 3.91. The number of anilines is 1. The van der Waals surface area contributed by atoms with E-state index in [9.17, 15) is 5.11 Å². The third kappa shape index (κ3) is 1.84. The highest BCUT2D eigenvalue weighted by Crippen LogP contribution is 2.52. The Kier molecular flexibility index (Phi) is 3.54. The highest BCUT2D eigenvalue weighted by molar-refractivity contribution is 5.65. The molecule has 0 aliphatic carbocycles. The zero-order chi connectivity index (χ0) is 16.0. The van der Waals surface area contributed by atoms with Gasteiger partial charge in [0.1, 0.15) is 17.5 Å². The van der Waals surface area contributed by atoms with Crippen LogP contribution in [0.1, 0.15) is 25.5 Å². The summed E-state index contributed by atoms with van der Waals surface area (Å²) in [6, 6.07) is 3.35. The number of ether oxygens (including phenoxy) is 2. The van der Waals surface area contributed by atoms with Crippen LogP contribution in [-0.4, -0.2) is 45.2 Å². The van der Waals surface area contributed by atoms with Crippen LogP contribution >= 0.6 is 0 Å². The van der Waals surface area contributed by atoms with Crippen LogP contribution in [0.5, 0.6) is 0 Å². The minimum absolute atomic E-state index is 0.0433. The molecule has 1 saturated heterocycles. The molecule has 0 saturated carbocycles. The average molecular weight is 310 g/mol. The van der Waals surface area contributed by atoms with Crippen LogP contribution in [0.4, 0.5) is 10.2 Å². The quantitative estimate of drug-likeness (QED) is 0.875. The van der Waals surface area contributed by atoms with Gasteiger partial charge in [-0.3, -0.25) is 0 Å². The van der Waals surface area contributed by atoms with Crippen LogP contribution in [-0.2, 0) is 15.3 Å². The van der Waals surface area contributed by atoms with Gasteiger partial charge in [0.25, 0.3) is 0 Å². The largest absolute Gasteiger partial charge is 0.394 e. The summed E-state index contributed by atoms with van der Waals surface area (Å²) in [6.07, 6.45) is 0.862. The summed E-state index contributed by atoms with van der Waals surface area (Å²) in [5.41, 5.74) is 4.96. The van der Waals surface area contributed by atoms with Crippen LogP contribution in [0, 0.1) is 0 Å². The maximum Gasteiger partial charge on any atom is 0.247 e. The van der Waals surface area contributed by atoms with Crippen molar-refractivity contribution in [3.05, 3.63) is 24.2 Å². The van der Waals surface area contributed by atoms with Crippen molar-refractivity contribution in [1.29, 1.82) is 0 Å². The Bertz CT molecular complexity index is 694. The predicted molar refractivity (Wildman–Crippen MR) is 76.8 cm³/mol. The SMILES string of the molecule is CCC1(F)CC(CO)OC1(OC)c1ccc2c(N)ncnn12. The Morgan fingerprint density at radius 2 is 2.36 bits per heavy atom. The van der Waals surface area contributed by atoms with Crippen molar-refractivity contribution in [2.75, 3.05) is 19.5 Å². The van der Waals surface area contributed by atoms with Gasteiger partial charge in [0.15, 0.2) is 11.5 Å². The van der Waals surface area contributed by atoms with Crippen molar-refractivity contribution < 1.29 is 19.0 Å². The number of nitrogens with two attached hydrogens (primary N) is 1. The first-order valence-corrected chi connectivity index (χ1v) is 7.12. The molecule has 0 spiro atoms. The van der Waals surface area contributed by atoms with Crippen molar-refractivity contribution in [2.45, 2.75) is 37.3 Å². The molecular weight excluding hydrogens is 291 g/mol. The summed E-state index contributed by atoms with van der Waals surface area (Å²) < 4.78 is 28.3. The number of aromatic nitrogens is 3. The Balaban J connectivity index is 2.22. The molecule has 120 valence electrons. The average Bonchev–Trinajstić information content (AvgIpc) is 3.08. The van der Waals surface area contributed by atoms with Gasteiger partial charge in [-0.05, 0) is 18.6 Å². The first-order valence-electron chi connectivity index (χ1n) is 7.12. The zero-order valence-electron chi connectivity index (χ0n) is 12.5. The van der Waals surface area contributed by atoms with E-state index >= 15 is 4.39 Å². The minimum Gasteiger partial charge on any atom is -0.394 e. The maximum absolute atomic E-state index is 15.5. The summed E-state index contributed by atoms with van der Waals surface area (Å²) in [5.74, 6) is -1.37. The van der Waals surface area contributed by atoms with Gasteiger partial charge in [-0.2, -0.15) is 5.10 Å². The highest BCUT2D eigenvalue weighted by atomic mass is 19.1. The van der Waals surface area contributed by atoms with Crippen LogP contribution in [0.2, 0.25) is 0 Å². The van der Waals surface area contributed by atoms with Crippen molar-refractivity contribution in [2.24, 2.45) is 0 Å². The minimum atomic E-state index is -1.79. The van der Waals surface area contributed by atoms with Crippen molar-refractivity contribution in [3.8, 4) is 0 Å². The summed E-state index contributed by atoms with van der Waals surface area (Å²) >= 11 is 0. The number of hydrogen-bond donors (Lipinski definition) is 2. The second-order valence-corrected chi connectivity index (χ2v) is 5.43. The van der Waals surface area contributed by atoms with Gasteiger partial charge < -0.3 is 20.3 Å². The lowest BCUT2D eigenvalue weighted by Gasteiger charge is -2.36. The maximum atomic E-state index is 15.5. The summed E-state index contributed by atoms with van der Waals surface area (Å²) in [5, 5.41) is 13.5. The highest BCUT2D eigenvalue weighted by Gasteiger charge is 2.63. The second kappa shape index (κ2) is 5.15. The van der Waals surface area contributed by atoms with E-state index in [1.165, 1.54) is 18.0 Å². The molecule has 0 radical (unpaired) electrons. The number of alkyl halides is 1. The van der Waals surface area contributed by atoms with E-state index in [-0.39, 0.29) is 25.3 Å². The second-order valence-electron chi connectivity index (χ2n) is 5.43. The molecule has 7 nitrogen and oxygen atoms in total. The van der Waals surface area contributed by atoms with Crippen LogP contribution in [0.25, 0.3) is 5.52 Å². The molecule has 0 amide bonds. The number of halogens is 1. The van der Waals surface area contributed by atoms with Crippen molar-refractivity contribution >= 4 is 11.3 Å². The molecule has 3 rings (SSSR count). The van der Waals surface area contributed by atoms with Gasteiger partial charge in [-0.25, -0.2) is 13.9 Å². The number of aliphatic hydroxyl groups excluding tert-OH is 1. The summed E-state index contributed by atoms with van der Waals surface area (Å²) in [7, 11) is 1.38. The molecule has 0 bridgehead atoms. The molecule has 1 fully saturated rings. The van der Waals surface area contributed by atoms with E-state index in [0.29, 0.717) is 11.2 Å². The molecular formula is C14H19FN4O3. The van der Waals surface area contributed by atoms with Crippen LogP contribution < -0.4 is 5.73 Å². The monoisotopic (exact) mass is 310 g/mol. The third-order valence-electron chi connectivity index (χ3n) is 4.34. The summed E-state index contributed by atoms with van der Waals surface area (Å²) in [6.45, 7) is 1.44. The molecule has 3 N–H and O–H groups in total. The molecule has 1 aliphatic heterocycles. The number of hydrogen-bond acceptors (Lipinski definition) is 6. The van der Waals surface area contributed by atoms with E-state index in [2.05, 4.69) is 10.1 Å². The number of rotatable bonds is 4. The van der Waals surface area contributed by atoms with Gasteiger partial charge in [-0.1, -0.05) is 6.92 Å². The number of aliphatic hydroxyl groups is 1. The lowest BCUT2D eigenvalue weighted by molar-refractivity contribution is -0.276. The Labute approximate surface area is 126 Å². The Hall–Kier alpha value is -1.77. The van der Waals surface area contributed by atoms with Gasteiger partial charge in [0.2, 0.25) is 5.79 Å². The fourth-order valence-corrected chi connectivity index (χ4v) is 3.18. The molecule has 8 heteroatoms. The number of fused-ring (bicyclic) bond motifs is 1. The first-order chi connectivity index (χ1) is 10.5. The van der Waals surface area contributed by atoms with Crippen molar-refractivity contribution in [1.82, 2.24) is 14.6 Å². The third-order valence-corrected chi connectivity index (χ3v) is 4.34. The van der Waals surface area contributed by atoms with Gasteiger partial charge in [-0.15, -0.1) is 0 Å². The molecule has 2 aromatic rings. The molecule has 3 unspecified atom stereocenters. The Morgan fingerprint density at radius 1 is 1.59 bits per heavy atom. The number of methoxy groups -OCH3 is 1. The van der Waals surface area contributed by atoms with E-state index in [4.69, 9.17) is 15.2 Å². The first kappa shape index (κ1) is 15.1. The Morgan fingerprint density at radius 3 is 3.00 bits per heavy atom. The van der Waals surface area contributed by atoms with Gasteiger partial charge in [0, 0.05) is 13.5 Å². The fourth-order valence-electron chi connectivity index (χ4n) is 3.18. The van der Waals surface area contributed by atoms with E-state index < -0.39 is 17.6 Å². The molecule has 0 aromatic carbocycles. The van der Waals surface area contributed by atoms with Crippen molar-refractivity contribution in [3.63, 3.8) is 0 Å². The lowest BCUT2D eigenvalue weighted by atomic mass is 9.87.